The maximum Gasteiger partial charge on any atom is 0.268 e. The van der Waals surface area contributed by atoms with Gasteiger partial charge in [0.2, 0.25) is 0 Å². The largest absolute Gasteiger partial charge is 0.387 e. The molecule has 25 heavy (non-hydrogen) atoms. The van der Waals surface area contributed by atoms with Crippen LogP contribution in [0.4, 0.5) is 5.69 Å². The Kier molecular flexibility index (Phi) is 4.15. The van der Waals surface area contributed by atoms with Crippen LogP contribution in [-0.4, -0.2) is 40.9 Å². The van der Waals surface area contributed by atoms with Crippen LogP contribution >= 0.6 is 0 Å². The second kappa shape index (κ2) is 6.47. The number of ether oxygens (including phenoxy) is 1. The predicted molar refractivity (Wildman–Crippen MR) is 94.6 cm³/mol. The fourth-order valence-corrected chi connectivity index (χ4v) is 3.20. The molecule has 1 aliphatic heterocycles. The highest BCUT2D eigenvalue weighted by molar-refractivity contribution is 5.94. The fraction of sp³-hybridized carbons (Fsp3) is 0.500. The number of aliphatic hydroxyl groups excluding tert-OH is 1. The molecule has 0 bridgehead atoms. The molecule has 2 aromatic heterocycles. The van der Waals surface area contributed by atoms with Gasteiger partial charge < -0.3 is 19.7 Å². The molecule has 132 valence electrons. The van der Waals surface area contributed by atoms with Gasteiger partial charge in [0.1, 0.15) is 11.6 Å². The number of pyridine rings is 2. The van der Waals surface area contributed by atoms with Crippen molar-refractivity contribution < 1.29 is 11.2 Å². The second-order valence-corrected chi connectivity index (χ2v) is 6.49. The third kappa shape index (κ3) is 3.11. The molecule has 0 radical (unpaired) electrons. The van der Waals surface area contributed by atoms with E-state index in [1.54, 1.807) is 20.1 Å². The van der Waals surface area contributed by atoms with Gasteiger partial charge in [0, 0.05) is 27.0 Å². The smallest absolute Gasteiger partial charge is 0.268 e. The first-order valence-electron chi connectivity index (χ1n) is 8.89. The van der Waals surface area contributed by atoms with Crippen LogP contribution in [0.5, 0.6) is 0 Å². The summed E-state index contributed by atoms with van der Waals surface area (Å²) in [5, 5.41) is 20.1. The molecular formula is C18H22N4O3. The van der Waals surface area contributed by atoms with Crippen molar-refractivity contribution >= 4 is 16.6 Å². The molecule has 1 unspecified atom stereocenters. The zero-order chi connectivity index (χ0) is 18.9. The summed E-state index contributed by atoms with van der Waals surface area (Å²) in [6.45, 7) is 2.94. The zero-order valence-electron chi connectivity index (χ0n) is 15.4. The minimum Gasteiger partial charge on any atom is -0.387 e. The lowest BCUT2D eigenvalue weighted by atomic mass is 9.92. The molecule has 1 fully saturated rings. The Morgan fingerprint density at radius 1 is 1.56 bits per heavy atom. The first-order chi connectivity index (χ1) is 12.4. The van der Waals surface area contributed by atoms with Gasteiger partial charge in [-0.05, 0) is 32.7 Å². The molecule has 0 aromatic carbocycles. The number of piperidine rings is 1. The molecule has 0 spiro atoms. The van der Waals surface area contributed by atoms with Crippen molar-refractivity contribution in [3.63, 3.8) is 0 Å². The zero-order valence-corrected chi connectivity index (χ0v) is 14.4. The van der Waals surface area contributed by atoms with E-state index in [9.17, 15) is 15.2 Å². The van der Waals surface area contributed by atoms with E-state index >= 15 is 0 Å². The topological polar surface area (TPSA) is 102 Å². The molecule has 2 aromatic rings. The molecule has 0 amide bonds. The summed E-state index contributed by atoms with van der Waals surface area (Å²) in [6.07, 6.45) is 2.04. The number of anilines is 1. The lowest BCUT2D eigenvalue weighted by Gasteiger charge is -2.40. The SMILES string of the molecule is [2H]CC1(OC)CCN(c2c(C#N)c(=O)[nH]c3cnc(C(C)O)cc23)CC1. The standard InChI is InChI=1S/C18H22N4O3/c1-11(23)14-8-12-15(10-20-14)21-17(24)13(9-19)16(12)22-6-4-18(2,25-3)5-7-22/h8,10-11,23H,4-7H2,1-3H3,(H,21,24)/i2D. The third-order valence-corrected chi connectivity index (χ3v) is 4.86. The summed E-state index contributed by atoms with van der Waals surface area (Å²) >= 11 is 0. The van der Waals surface area contributed by atoms with Crippen molar-refractivity contribution in [2.75, 3.05) is 25.1 Å². The highest BCUT2D eigenvalue weighted by Gasteiger charge is 2.32. The number of aliphatic hydroxyl groups is 1. The summed E-state index contributed by atoms with van der Waals surface area (Å²) < 4.78 is 13.3. The van der Waals surface area contributed by atoms with Gasteiger partial charge in [-0.15, -0.1) is 0 Å². The van der Waals surface area contributed by atoms with Crippen LogP contribution in [0.3, 0.4) is 0 Å². The van der Waals surface area contributed by atoms with Gasteiger partial charge in [-0.2, -0.15) is 5.26 Å². The highest BCUT2D eigenvalue weighted by Crippen LogP contribution is 2.33. The fourth-order valence-electron chi connectivity index (χ4n) is 3.20. The molecule has 3 rings (SSSR count). The van der Waals surface area contributed by atoms with Gasteiger partial charge in [0.15, 0.2) is 0 Å². The quantitative estimate of drug-likeness (QED) is 0.882. The molecule has 0 saturated carbocycles. The Morgan fingerprint density at radius 2 is 2.28 bits per heavy atom. The minimum absolute atomic E-state index is 0.0519. The summed E-state index contributed by atoms with van der Waals surface area (Å²) in [6, 6.07) is 3.73. The molecule has 3 heterocycles. The second-order valence-electron chi connectivity index (χ2n) is 6.49. The van der Waals surface area contributed by atoms with E-state index in [4.69, 9.17) is 6.11 Å². The van der Waals surface area contributed by atoms with Crippen molar-refractivity contribution in [2.24, 2.45) is 0 Å². The van der Waals surface area contributed by atoms with Crippen molar-refractivity contribution in [2.45, 2.75) is 38.4 Å². The van der Waals surface area contributed by atoms with Crippen LogP contribution in [0.25, 0.3) is 10.9 Å². The number of nitrogens with one attached hydrogen (secondary N) is 1. The van der Waals surface area contributed by atoms with E-state index in [0.29, 0.717) is 48.2 Å². The maximum atomic E-state index is 12.3. The van der Waals surface area contributed by atoms with E-state index in [0.717, 1.165) is 0 Å². The maximum absolute atomic E-state index is 12.3. The van der Waals surface area contributed by atoms with E-state index in [2.05, 4.69) is 9.97 Å². The molecule has 2 N–H and O–H groups in total. The van der Waals surface area contributed by atoms with Crippen molar-refractivity contribution in [3.05, 3.63) is 33.9 Å². The van der Waals surface area contributed by atoms with Crippen LogP contribution in [0.2, 0.25) is 0 Å². The molecule has 1 aliphatic rings. The number of hydrogen-bond acceptors (Lipinski definition) is 6. The average Bonchev–Trinajstić information content (AvgIpc) is 2.66. The Balaban J connectivity index is 2.13. The number of methoxy groups -OCH3 is 1. The molecule has 0 aliphatic carbocycles. The van der Waals surface area contributed by atoms with Crippen molar-refractivity contribution in [1.29, 1.82) is 5.26 Å². The Bertz CT molecular complexity index is 905. The van der Waals surface area contributed by atoms with Crippen LogP contribution in [-0.2, 0) is 4.74 Å². The van der Waals surface area contributed by atoms with Gasteiger partial charge >= 0.3 is 0 Å². The number of hydrogen-bond donors (Lipinski definition) is 2. The van der Waals surface area contributed by atoms with Crippen LogP contribution in [0.1, 0.15) is 45.4 Å². The van der Waals surface area contributed by atoms with E-state index in [1.165, 1.54) is 6.20 Å². The van der Waals surface area contributed by atoms with Gasteiger partial charge in [-0.25, -0.2) is 0 Å². The lowest BCUT2D eigenvalue weighted by Crippen LogP contribution is -2.44. The van der Waals surface area contributed by atoms with Crippen molar-refractivity contribution in [3.8, 4) is 6.07 Å². The van der Waals surface area contributed by atoms with E-state index in [1.807, 2.05) is 11.0 Å². The summed E-state index contributed by atoms with van der Waals surface area (Å²) in [5.41, 5.74) is 0.681. The summed E-state index contributed by atoms with van der Waals surface area (Å²) in [5.74, 6) is 0. The number of H-pyrrole nitrogens is 1. The Morgan fingerprint density at radius 3 is 2.84 bits per heavy atom. The van der Waals surface area contributed by atoms with Crippen LogP contribution in [0.15, 0.2) is 17.1 Å². The van der Waals surface area contributed by atoms with Crippen LogP contribution in [0, 0.1) is 11.3 Å². The number of nitrogens with zero attached hydrogens (tertiary/aromatic N) is 3. The van der Waals surface area contributed by atoms with Crippen molar-refractivity contribution in [1.82, 2.24) is 9.97 Å². The average molecular weight is 343 g/mol. The third-order valence-electron chi connectivity index (χ3n) is 4.86. The Labute approximate surface area is 147 Å². The number of nitriles is 1. The number of fused-ring (bicyclic) bond motifs is 1. The van der Waals surface area contributed by atoms with Gasteiger partial charge in [0.05, 0.1) is 34.8 Å². The summed E-state index contributed by atoms with van der Waals surface area (Å²) in [7, 11) is 1.62. The van der Waals surface area contributed by atoms with E-state index in [-0.39, 0.29) is 12.5 Å². The highest BCUT2D eigenvalue weighted by atomic mass is 16.5. The predicted octanol–water partition coefficient (Wildman–Crippen LogP) is 1.85. The van der Waals surface area contributed by atoms with Gasteiger partial charge in [0.25, 0.3) is 5.56 Å². The first-order valence-corrected chi connectivity index (χ1v) is 8.18. The molecule has 7 nitrogen and oxygen atoms in total. The summed E-state index contributed by atoms with van der Waals surface area (Å²) in [4.78, 5) is 21.2. The number of aromatic amines is 1. The minimum atomic E-state index is -0.754. The normalized spacial score (nSPS) is 18.6. The van der Waals surface area contributed by atoms with Gasteiger partial charge in [-0.1, -0.05) is 0 Å². The molecule has 7 heteroatoms. The number of rotatable bonds is 3. The van der Waals surface area contributed by atoms with Crippen LogP contribution < -0.4 is 10.5 Å². The lowest BCUT2D eigenvalue weighted by molar-refractivity contribution is -0.0132. The monoisotopic (exact) mass is 343 g/mol. The number of aromatic nitrogens is 2. The molecular weight excluding hydrogens is 320 g/mol. The molecule has 1 atom stereocenters. The van der Waals surface area contributed by atoms with E-state index < -0.39 is 17.3 Å². The van der Waals surface area contributed by atoms with Gasteiger partial charge in [-0.3, -0.25) is 9.78 Å². The first kappa shape index (κ1) is 16.1. The molecule has 1 saturated heterocycles. The Hall–Kier alpha value is -2.43.